The Morgan fingerprint density at radius 2 is 0.958 bits per heavy atom. The summed E-state index contributed by atoms with van der Waals surface area (Å²) in [7, 11) is 0. The van der Waals surface area contributed by atoms with Crippen LogP contribution in [0.4, 0.5) is 0 Å². The second-order valence-corrected chi connectivity index (χ2v) is 23.3. The van der Waals surface area contributed by atoms with E-state index in [-0.39, 0.29) is 27.1 Å². The Balaban J connectivity index is 1.14. The van der Waals surface area contributed by atoms with E-state index in [2.05, 4.69) is 291 Å². The first kappa shape index (κ1) is 48.1. The molecule has 3 aromatic heterocycles. The third-order valence-electron chi connectivity index (χ3n) is 15.2. The minimum atomic E-state index is -0.360. The Labute approximate surface area is 427 Å². The minimum absolute atomic E-state index is 0.0312. The molecule has 0 aliphatic rings. The van der Waals surface area contributed by atoms with Crippen LogP contribution in [0, 0.1) is 6.33 Å². The van der Waals surface area contributed by atoms with E-state index in [1.807, 2.05) is 6.20 Å². The number of benzene rings is 7. The van der Waals surface area contributed by atoms with Crippen molar-refractivity contribution in [3.8, 4) is 28.7 Å². The van der Waals surface area contributed by atoms with Gasteiger partial charge in [0.15, 0.2) is 0 Å². The molecule has 0 aliphatic heterocycles. The van der Waals surface area contributed by atoms with Crippen LogP contribution in [0.3, 0.4) is 0 Å². The van der Waals surface area contributed by atoms with Crippen LogP contribution >= 0.6 is 0 Å². The molecule has 10 aromatic rings. The fourth-order valence-corrected chi connectivity index (χ4v) is 10.3. The van der Waals surface area contributed by atoms with Gasteiger partial charge in [0.05, 0.1) is 28.1 Å². The highest BCUT2D eigenvalue weighted by Gasteiger charge is 2.32. The van der Waals surface area contributed by atoms with Gasteiger partial charge in [0.25, 0.3) is 6.33 Å². The first-order chi connectivity index (χ1) is 34.2. The van der Waals surface area contributed by atoms with E-state index in [9.17, 15) is 0 Å². The molecule has 0 fully saturated rings. The lowest BCUT2D eigenvalue weighted by Crippen LogP contribution is -2.39. The van der Waals surface area contributed by atoms with E-state index in [1.165, 1.54) is 38.8 Å². The summed E-state index contributed by atoms with van der Waals surface area (Å²) < 4.78 is 13.8. The lowest BCUT2D eigenvalue weighted by Gasteiger charge is -2.32. The summed E-state index contributed by atoms with van der Waals surface area (Å²) >= 11 is 0. The second-order valence-electron chi connectivity index (χ2n) is 23.3. The molecule has 0 amide bonds. The zero-order chi connectivity index (χ0) is 50.8. The van der Waals surface area contributed by atoms with Crippen molar-refractivity contribution in [2.24, 2.45) is 0 Å². The van der Waals surface area contributed by atoms with Crippen molar-refractivity contribution in [3.05, 3.63) is 245 Å². The van der Waals surface area contributed by atoms with Crippen LogP contribution in [-0.4, -0.2) is 14.1 Å². The van der Waals surface area contributed by atoms with Gasteiger partial charge in [-0.2, -0.15) is 0 Å². The van der Waals surface area contributed by atoms with Crippen LogP contribution in [0.1, 0.15) is 128 Å². The van der Waals surface area contributed by atoms with Crippen molar-refractivity contribution in [3.63, 3.8) is 0 Å². The van der Waals surface area contributed by atoms with E-state index < -0.39 is 0 Å². The summed E-state index contributed by atoms with van der Waals surface area (Å²) in [5.74, 6) is 2.37. The number of aromatic nitrogens is 4. The summed E-state index contributed by atoms with van der Waals surface area (Å²) in [6.07, 6.45) is 8.11. The Hall–Kier alpha value is -7.50. The summed E-state index contributed by atoms with van der Waals surface area (Å²) in [5.41, 5.74) is 12.7. The van der Waals surface area contributed by atoms with Crippen LogP contribution in [0.15, 0.2) is 194 Å². The molecular weight excluding hydrogens is 877 g/mol. The van der Waals surface area contributed by atoms with Gasteiger partial charge < -0.3 is 4.74 Å². The monoisotopic (exact) mass is 945 g/mol. The molecule has 10 rings (SSSR count). The average Bonchev–Trinajstić information content (AvgIpc) is 3.98. The van der Waals surface area contributed by atoms with Crippen LogP contribution in [-0.2, 0) is 27.1 Å². The Morgan fingerprint density at radius 1 is 0.431 bits per heavy atom. The molecule has 0 saturated heterocycles. The highest BCUT2D eigenvalue weighted by Crippen LogP contribution is 2.41. The van der Waals surface area contributed by atoms with E-state index in [0.29, 0.717) is 0 Å². The third kappa shape index (κ3) is 8.95. The van der Waals surface area contributed by atoms with Gasteiger partial charge in [-0.3, -0.25) is 13.7 Å². The summed E-state index contributed by atoms with van der Waals surface area (Å²) in [4.78, 5) is 4.94. The number of nitrogens with zero attached hydrogens (tertiary/aromatic N) is 4. The number of ether oxygens (including phenoxy) is 1. The first-order valence-electron chi connectivity index (χ1n) is 25.4. The molecular formula is C67H68N4O. The number of pyridine rings is 1. The molecule has 0 saturated carbocycles. The Morgan fingerprint density at radius 3 is 1.51 bits per heavy atom. The normalized spacial score (nSPS) is 12.7. The van der Waals surface area contributed by atoms with Crippen molar-refractivity contribution in [1.82, 2.24) is 14.1 Å². The molecule has 7 aromatic carbocycles. The molecule has 5 nitrogen and oxygen atoms in total. The van der Waals surface area contributed by atoms with Gasteiger partial charge >= 0.3 is 0 Å². The van der Waals surface area contributed by atoms with Crippen LogP contribution in [0.2, 0.25) is 0 Å². The number of hydrogen-bond donors (Lipinski definition) is 0. The van der Waals surface area contributed by atoms with E-state index in [0.717, 1.165) is 56.4 Å². The maximum absolute atomic E-state index is 7.10. The van der Waals surface area contributed by atoms with Gasteiger partial charge in [-0.1, -0.05) is 198 Å². The maximum atomic E-state index is 7.10. The van der Waals surface area contributed by atoms with Crippen molar-refractivity contribution >= 4 is 21.8 Å². The Kier molecular flexibility index (Phi) is 12.0. The molecule has 0 unspecified atom stereocenters. The van der Waals surface area contributed by atoms with Gasteiger partial charge in [0, 0.05) is 45.5 Å². The highest BCUT2D eigenvalue weighted by atomic mass is 16.5. The zero-order valence-electron chi connectivity index (χ0n) is 44.2. The fraction of sp³-hybridized carbons (Fsp3) is 0.254. The summed E-state index contributed by atoms with van der Waals surface area (Å²) in [5, 5.41) is 2.32. The molecule has 0 aliphatic carbocycles. The topological polar surface area (TPSA) is 35.9 Å². The molecule has 362 valence electrons. The second kappa shape index (κ2) is 18.0. The highest BCUT2D eigenvalue weighted by molar-refractivity contribution is 6.09. The average molecular weight is 945 g/mol. The predicted octanol–water partition coefficient (Wildman–Crippen LogP) is 16.4. The van der Waals surface area contributed by atoms with Crippen LogP contribution in [0.5, 0.6) is 11.5 Å². The summed E-state index contributed by atoms with van der Waals surface area (Å²) in [6, 6.07) is 65.7. The molecule has 72 heavy (non-hydrogen) atoms. The van der Waals surface area contributed by atoms with Crippen molar-refractivity contribution < 1.29 is 9.30 Å². The molecule has 0 bridgehead atoms. The molecule has 0 radical (unpaired) electrons. The van der Waals surface area contributed by atoms with Gasteiger partial charge in [-0.05, 0) is 110 Å². The maximum Gasteiger partial charge on any atom is 0.269 e. The molecule has 0 atom stereocenters. The fourth-order valence-electron chi connectivity index (χ4n) is 10.3. The molecule has 0 spiro atoms. The lowest BCUT2D eigenvalue weighted by molar-refractivity contribution is -0.611. The van der Waals surface area contributed by atoms with Gasteiger partial charge in [-0.15, -0.1) is 0 Å². The predicted molar refractivity (Wildman–Crippen MR) is 298 cm³/mol. The standard InChI is InChI=1S/C67H68N4O/c1-63(2,3)49-34-35-68-62(41-49)71-59-31-23-22-30-57(59)58-33-32-55(43-60(58)71)72-56-40-52(67(11,12)48-28-20-15-21-29-48)37-53(42-56)69-44-61(64(4,5)6)70(45-69)54-38-50(65(7,8)46-24-16-13-17-25-46)36-51(39-54)66(9,10)47-26-18-14-19-27-47/h13-44H,1-12H3. The van der Waals surface area contributed by atoms with E-state index in [1.54, 1.807) is 0 Å². The SMILES string of the molecule is CC(C)(C)c1ccnc(-n2c3ccccc3c3ccc(Oc4cc(-n5[c-][n+](-c6cc(C(C)(C)c7ccccc7)cc(C(C)(C)c7ccccc7)c6)c(C(C)(C)C)c5)cc(C(C)(C)c5ccccc5)c4)cc32)c1. The Bertz CT molecular complexity index is 3510. The molecule has 3 heterocycles. The van der Waals surface area contributed by atoms with Gasteiger partial charge in [0.1, 0.15) is 17.3 Å². The first-order valence-corrected chi connectivity index (χ1v) is 25.4. The van der Waals surface area contributed by atoms with E-state index in [4.69, 9.17) is 9.72 Å². The van der Waals surface area contributed by atoms with Gasteiger partial charge in [-0.25, -0.2) is 4.98 Å². The van der Waals surface area contributed by atoms with Crippen molar-refractivity contribution in [1.29, 1.82) is 0 Å². The smallest absolute Gasteiger partial charge is 0.269 e. The number of para-hydroxylation sites is 1. The zero-order valence-corrected chi connectivity index (χ0v) is 44.2. The third-order valence-corrected chi connectivity index (χ3v) is 15.2. The summed E-state index contributed by atoms with van der Waals surface area (Å²) in [6.45, 7) is 27.5. The molecule has 5 heteroatoms. The molecule has 0 N–H and O–H groups in total. The quantitative estimate of drug-likeness (QED) is 0.0957. The van der Waals surface area contributed by atoms with Crippen molar-refractivity contribution in [2.75, 3.05) is 0 Å². The number of rotatable bonds is 11. The number of imidazole rings is 1. The number of hydrogen-bond acceptors (Lipinski definition) is 2. The van der Waals surface area contributed by atoms with Crippen LogP contribution < -0.4 is 9.30 Å². The number of fused-ring (bicyclic) bond motifs is 3. The largest absolute Gasteiger partial charge is 0.458 e. The van der Waals surface area contributed by atoms with Crippen LogP contribution in [0.25, 0.3) is 39.0 Å². The minimum Gasteiger partial charge on any atom is -0.458 e. The van der Waals surface area contributed by atoms with E-state index >= 15 is 0 Å². The lowest BCUT2D eigenvalue weighted by atomic mass is 9.73. The van der Waals surface area contributed by atoms with Crippen molar-refractivity contribution in [2.45, 2.75) is 110 Å². The van der Waals surface area contributed by atoms with Gasteiger partial charge in [0.2, 0.25) is 0 Å².